The van der Waals surface area contributed by atoms with E-state index >= 15 is 0 Å². The van der Waals surface area contributed by atoms with Gasteiger partial charge in [-0.25, -0.2) is 12.8 Å². The zero-order valence-electron chi connectivity index (χ0n) is 16.1. The fourth-order valence-corrected chi connectivity index (χ4v) is 6.47. The molecule has 1 atom stereocenters. The maximum atomic E-state index is 14.2. The van der Waals surface area contributed by atoms with Crippen molar-refractivity contribution >= 4 is 21.8 Å². The average Bonchev–Trinajstić information content (AvgIpc) is 3.46. The zero-order chi connectivity index (χ0) is 21.3. The van der Waals surface area contributed by atoms with Gasteiger partial charge in [0.05, 0.1) is 30.1 Å². The highest BCUT2D eigenvalue weighted by atomic mass is 32.2. The van der Waals surface area contributed by atoms with E-state index < -0.39 is 21.2 Å². The lowest BCUT2D eigenvalue weighted by Crippen LogP contribution is -2.30. The molecule has 1 N–H and O–H groups in total. The lowest BCUT2D eigenvalue weighted by molar-refractivity contribution is 0.353. The first-order chi connectivity index (χ1) is 14.5. The van der Waals surface area contributed by atoms with E-state index in [0.717, 1.165) is 11.6 Å². The molecule has 3 aromatic rings. The van der Waals surface area contributed by atoms with Gasteiger partial charge in [-0.3, -0.25) is 0 Å². The topological polar surface area (TPSA) is 110 Å². The van der Waals surface area contributed by atoms with Gasteiger partial charge in [0.1, 0.15) is 5.82 Å². The number of rotatable bonds is 6. The van der Waals surface area contributed by atoms with Crippen molar-refractivity contribution in [2.24, 2.45) is 0 Å². The minimum atomic E-state index is -3.91. The van der Waals surface area contributed by atoms with E-state index in [1.54, 1.807) is 12.1 Å². The molecule has 1 saturated heterocycles. The Bertz CT molecular complexity index is 1160. The predicted octanol–water partition coefficient (Wildman–Crippen LogP) is 2.46. The quantitative estimate of drug-likeness (QED) is 0.609. The monoisotopic (exact) mass is 451 g/mol. The Labute approximate surface area is 176 Å². The van der Waals surface area contributed by atoms with Gasteiger partial charge < -0.3 is 9.47 Å². The SMILES string of the molecule is COc1ccc(C2SCCN2S(=O)(=O)c2ccc(F)c(-c3nn[nH]n3)c2)cc1OC. The van der Waals surface area contributed by atoms with E-state index in [1.165, 1.54) is 42.4 Å². The van der Waals surface area contributed by atoms with Crippen molar-refractivity contribution in [1.82, 2.24) is 24.9 Å². The van der Waals surface area contributed by atoms with Crippen molar-refractivity contribution in [2.75, 3.05) is 26.5 Å². The predicted molar refractivity (Wildman–Crippen MR) is 108 cm³/mol. The number of sulfonamides is 1. The number of ether oxygens (including phenoxy) is 2. The first-order valence-corrected chi connectivity index (χ1v) is 11.3. The molecule has 158 valence electrons. The highest BCUT2D eigenvalue weighted by molar-refractivity contribution is 8.01. The lowest BCUT2D eigenvalue weighted by atomic mass is 10.2. The number of benzene rings is 2. The maximum Gasteiger partial charge on any atom is 0.244 e. The molecular formula is C18H18FN5O4S2. The molecule has 0 spiro atoms. The molecule has 1 aliphatic rings. The van der Waals surface area contributed by atoms with Gasteiger partial charge >= 0.3 is 0 Å². The molecule has 1 aliphatic heterocycles. The molecule has 2 aromatic carbocycles. The van der Waals surface area contributed by atoms with Crippen molar-refractivity contribution < 1.29 is 22.3 Å². The van der Waals surface area contributed by atoms with Crippen molar-refractivity contribution in [1.29, 1.82) is 0 Å². The summed E-state index contributed by atoms with van der Waals surface area (Å²) in [5, 5.41) is 12.7. The molecule has 0 radical (unpaired) electrons. The van der Waals surface area contributed by atoms with Gasteiger partial charge in [0.25, 0.3) is 0 Å². The van der Waals surface area contributed by atoms with Gasteiger partial charge in [-0.05, 0) is 41.1 Å². The summed E-state index contributed by atoms with van der Waals surface area (Å²) in [4.78, 5) is -0.0447. The van der Waals surface area contributed by atoms with E-state index in [1.807, 2.05) is 6.07 Å². The Morgan fingerprint density at radius 3 is 2.67 bits per heavy atom. The third kappa shape index (κ3) is 3.61. The summed E-state index contributed by atoms with van der Waals surface area (Å²) in [6.07, 6.45) is 0. The molecule has 0 bridgehead atoms. The van der Waals surface area contributed by atoms with Crippen LogP contribution in [0.15, 0.2) is 41.3 Å². The van der Waals surface area contributed by atoms with Gasteiger partial charge in [0, 0.05) is 12.3 Å². The highest BCUT2D eigenvalue weighted by Gasteiger charge is 2.37. The van der Waals surface area contributed by atoms with Crippen molar-refractivity contribution in [3.8, 4) is 22.9 Å². The summed E-state index contributed by atoms with van der Waals surface area (Å²) in [5.41, 5.74) is 0.721. The molecule has 0 amide bonds. The van der Waals surface area contributed by atoms with E-state index in [9.17, 15) is 12.8 Å². The average molecular weight is 452 g/mol. The number of nitrogens with one attached hydrogen (secondary N) is 1. The normalized spacial score (nSPS) is 17.2. The fraction of sp³-hybridized carbons (Fsp3) is 0.278. The molecule has 4 rings (SSSR count). The van der Waals surface area contributed by atoms with Gasteiger partial charge in [-0.15, -0.1) is 22.0 Å². The van der Waals surface area contributed by atoms with Crippen LogP contribution in [-0.2, 0) is 10.0 Å². The Hall–Kier alpha value is -2.70. The van der Waals surface area contributed by atoms with Crippen molar-refractivity contribution in [2.45, 2.75) is 10.3 Å². The third-order valence-corrected chi connectivity index (χ3v) is 7.93. The summed E-state index contributed by atoms with van der Waals surface area (Å²) in [6.45, 7) is 0.320. The molecule has 30 heavy (non-hydrogen) atoms. The Morgan fingerprint density at radius 1 is 1.17 bits per heavy atom. The molecular weight excluding hydrogens is 433 g/mol. The van der Waals surface area contributed by atoms with Crippen LogP contribution < -0.4 is 9.47 Å². The van der Waals surface area contributed by atoms with E-state index in [4.69, 9.17) is 9.47 Å². The van der Waals surface area contributed by atoms with Crippen LogP contribution in [-0.4, -0.2) is 59.9 Å². The number of halogens is 1. The number of nitrogens with zero attached hydrogens (tertiary/aromatic N) is 4. The summed E-state index contributed by atoms with van der Waals surface area (Å²) >= 11 is 1.50. The van der Waals surface area contributed by atoms with Gasteiger partial charge in [0.15, 0.2) is 11.5 Å². The van der Waals surface area contributed by atoms with Crippen LogP contribution >= 0.6 is 11.8 Å². The van der Waals surface area contributed by atoms with Crippen LogP contribution in [0.1, 0.15) is 10.9 Å². The number of methoxy groups -OCH3 is 2. The van der Waals surface area contributed by atoms with E-state index in [-0.39, 0.29) is 16.3 Å². The van der Waals surface area contributed by atoms with Gasteiger partial charge in [-0.1, -0.05) is 6.07 Å². The zero-order valence-corrected chi connectivity index (χ0v) is 17.7. The Kier molecular flexibility index (Phi) is 5.62. The minimum Gasteiger partial charge on any atom is -0.493 e. The molecule has 2 heterocycles. The second-order valence-corrected chi connectivity index (χ2v) is 9.41. The summed E-state index contributed by atoms with van der Waals surface area (Å²) in [5.74, 6) is 1.04. The fourth-order valence-electron chi connectivity index (χ4n) is 3.22. The number of aromatic nitrogens is 4. The number of hydrogen-bond donors (Lipinski definition) is 1. The van der Waals surface area contributed by atoms with E-state index in [2.05, 4.69) is 20.6 Å². The van der Waals surface area contributed by atoms with E-state index in [0.29, 0.717) is 23.8 Å². The number of H-pyrrole nitrogens is 1. The number of tetrazole rings is 1. The lowest BCUT2D eigenvalue weighted by Gasteiger charge is -2.24. The second-order valence-electron chi connectivity index (χ2n) is 6.33. The number of thioether (sulfide) groups is 1. The van der Waals surface area contributed by atoms with Crippen LogP contribution in [0.25, 0.3) is 11.4 Å². The molecule has 0 aliphatic carbocycles. The van der Waals surface area contributed by atoms with Crippen molar-refractivity contribution in [3.05, 3.63) is 47.8 Å². The molecule has 9 nitrogen and oxygen atoms in total. The van der Waals surface area contributed by atoms with Crippen LogP contribution in [0, 0.1) is 5.82 Å². The first-order valence-electron chi connectivity index (χ1n) is 8.84. The smallest absolute Gasteiger partial charge is 0.244 e. The Morgan fingerprint density at radius 2 is 1.97 bits per heavy atom. The molecule has 1 fully saturated rings. The van der Waals surface area contributed by atoms with Crippen molar-refractivity contribution in [3.63, 3.8) is 0 Å². The third-order valence-electron chi connectivity index (χ3n) is 4.67. The Balaban J connectivity index is 1.71. The van der Waals surface area contributed by atoms with Crippen LogP contribution in [0.2, 0.25) is 0 Å². The van der Waals surface area contributed by atoms with Crippen LogP contribution in [0.4, 0.5) is 4.39 Å². The largest absolute Gasteiger partial charge is 0.493 e. The van der Waals surface area contributed by atoms with Crippen LogP contribution in [0.3, 0.4) is 0 Å². The second kappa shape index (κ2) is 8.20. The van der Waals surface area contributed by atoms with Gasteiger partial charge in [0.2, 0.25) is 15.8 Å². The number of hydrogen-bond acceptors (Lipinski definition) is 8. The summed E-state index contributed by atoms with van der Waals surface area (Å²) in [7, 11) is -0.854. The maximum absolute atomic E-state index is 14.2. The molecule has 12 heteroatoms. The van der Waals surface area contributed by atoms with Gasteiger partial charge in [-0.2, -0.15) is 9.52 Å². The standard InChI is InChI=1S/C18H18FN5O4S2/c1-27-15-6-3-11(9-16(15)28-2)18-24(7-8-29-18)30(25,26)12-4-5-14(19)13(10-12)17-20-22-23-21-17/h3-6,9-10,18H,7-8H2,1-2H3,(H,20,21,22,23). The van der Waals surface area contributed by atoms with Crippen LogP contribution in [0.5, 0.6) is 11.5 Å². The highest BCUT2D eigenvalue weighted by Crippen LogP contribution is 2.43. The molecule has 1 aromatic heterocycles. The molecule has 1 unspecified atom stereocenters. The summed E-state index contributed by atoms with van der Waals surface area (Å²) < 4.78 is 53.0. The number of aromatic amines is 1. The minimum absolute atomic E-state index is 0.0169. The first kappa shape index (κ1) is 20.6. The summed E-state index contributed by atoms with van der Waals surface area (Å²) in [6, 6.07) is 8.87. The molecule has 0 saturated carbocycles.